The molecule has 0 aromatic carbocycles. The summed E-state index contributed by atoms with van der Waals surface area (Å²) >= 11 is 5.47. The molecular formula is C11H24ClNO. The molecule has 0 unspecified atom stereocenters. The van der Waals surface area contributed by atoms with E-state index in [2.05, 4.69) is 12.2 Å². The molecule has 0 amide bonds. The number of alkyl halides is 1. The number of nitrogens with one attached hydrogen (secondary N) is 1. The molecule has 0 saturated heterocycles. The molecule has 1 N–H and O–H groups in total. The molecule has 86 valence electrons. The summed E-state index contributed by atoms with van der Waals surface area (Å²) in [5.74, 6) is 0.594. The molecule has 0 aliphatic rings. The minimum atomic E-state index is 0.594. The highest BCUT2D eigenvalue weighted by Crippen LogP contribution is 2.00. The predicted octanol–water partition coefficient (Wildman–Crippen LogP) is 2.80. The molecule has 0 radical (unpaired) electrons. The fraction of sp³-hybridized carbons (Fsp3) is 1.00. The van der Waals surface area contributed by atoms with Gasteiger partial charge in [-0.1, -0.05) is 32.6 Å². The van der Waals surface area contributed by atoms with E-state index in [0.29, 0.717) is 12.5 Å². The van der Waals surface area contributed by atoms with Gasteiger partial charge in [0.1, 0.15) is 0 Å². The van der Waals surface area contributed by atoms with Crippen LogP contribution < -0.4 is 5.32 Å². The van der Waals surface area contributed by atoms with Gasteiger partial charge in [-0.15, -0.1) is 11.6 Å². The Balaban J connectivity index is 2.78. The van der Waals surface area contributed by atoms with Crippen molar-refractivity contribution in [1.29, 1.82) is 0 Å². The molecule has 0 atom stereocenters. The van der Waals surface area contributed by atoms with Crippen LogP contribution in [0.3, 0.4) is 0 Å². The fourth-order valence-corrected chi connectivity index (χ4v) is 1.39. The minimum Gasteiger partial charge on any atom is -0.379 e. The van der Waals surface area contributed by atoms with E-state index >= 15 is 0 Å². The third kappa shape index (κ3) is 12.2. The van der Waals surface area contributed by atoms with Crippen LogP contribution in [0.25, 0.3) is 0 Å². The Bertz CT molecular complexity index is 89.3. The molecule has 14 heavy (non-hydrogen) atoms. The van der Waals surface area contributed by atoms with E-state index in [1.54, 1.807) is 0 Å². The summed E-state index contributed by atoms with van der Waals surface area (Å²) in [6.07, 6.45) is 6.71. The van der Waals surface area contributed by atoms with Gasteiger partial charge >= 0.3 is 0 Å². The molecule has 0 heterocycles. The Kier molecular flexibility index (Phi) is 13.4. The molecule has 0 fully saturated rings. The van der Waals surface area contributed by atoms with E-state index in [-0.39, 0.29) is 0 Å². The number of halogens is 1. The topological polar surface area (TPSA) is 21.3 Å². The number of ether oxygens (including phenoxy) is 1. The van der Waals surface area contributed by atoms with E-state index in [0.717, 1.165) is 19.7 Å². The van der Waals surface area contributed by atoms with Crippen LogP contribution in [0.1, 0.15) is 39.0 Å². The molecule has 0 aliphatic heterocycles. The maximum absolute atomic E-state index is 5.47. The van der Waals surface area contributed by atoms with Crippen LogP contribution in [0, 0.1) is 0 Å². The van der Waals surface area contributed by atoms with Gasteiger partial charge in [0.05, 0.1) is 13.2 Å². The van der Waals surface area contributed by atoms with Crippen molar-refractivity contribution in [2.45, 2.75) is 39.0 Å². The summed E-state index contributed by atoms with van der Waals surface area (Å²) in [6.45, 7) is 5.76. The first-order chi connectivity index (χ1) is 6.91. The maximum atomic E-state index is 5.47. The average Bonchev–Trinajstić information content (AvgIpc) is 2.21. The van der Waals surface area contributed by atoms with Crippen LogP contribution in [-0.4, -0.2) is 32.2 Å². The van der Waals surface area contributed by atoms with Gasteiger partial charge in [0.2, 0.25) is 0 Å². The van der Waals surface area contributed by atoms with Crippen molar-refractivity contribution in [3.63, 3.8) is 0 Å². The third-order valence-corrected chi connectivity index (χ3v) is 2.26. The first-order valence-electron chi connectivity index (χ1n) is 5.76. The summed E-state index contributed by atoms with van der Waals surface area (Å²) in [7, 11) is 0. The first-order valence-corrected chi connectivity index (χ1v) is 6.29. The maximum Gasteiger partial charge on any atom is 0.0602 e. The van der Waals surface area contributed by atoms with Gasteiger partial charge in [-0.3, -0.25) is 0 Å². The quantitative estimate of drug-likeness (QED) is 0.428. The molecule has 3 heteroatoms. The third-order valence-electron chi connectivity index (χ3n) is 2.10. The number of rotatable bonds is 11. The zero-order valence-corrected chi connectivity index (χ0v) is 10.1. The summed E-state index contributed by atoms with van der Waals surface area (Å²) in [6, 6.07) is 0. The Morgan fingerprint density at radius 2 is 1.79 bits per heavy atom. The van der Waals surface area contributed by atoms with Crippen LogP contribution in [0.2, 0.25) is 0 Å². The van der Waals surface area contributed by atoms with Crippen LogP contribution in [-0.2, 0) is 4.74 Å². The highest BCUT2D eigenvalue weighted by Gasteiger charge is 1.90. The van der Waals surface area contributed by atoms with Gasteiger partial charge in [0.15, 0.2) is 0 Å². The SMILES string of the molecule is CCCCCCCNCCOCCCl. The summed E-state index contributed by atoms with van der Waals surface area (Å²) in [5.41, 5.74) is 0. The molecule has 2 nitrogen and oxygen atoms in total. The largest absolute Gasteiger partial charge is 0.379 e. The second kappa shape index (κ2) is 13.2. The summed E-state index contributed by atoms with van der Waals surface area (Å²) in [5, 5.41) is 3.35. The average molecular weight is 222 g/mol. The second-order valence-corrected chi connectivity index (χ2v) is 3.84. The Labute approximate surface area is 93.4 Å². The molecule has 0 bridgehead atoms. The molecule has 0 aliphatic carbocycles. The lowest BCUT2D eigenvalue weighted by Crippen LogP contribution is -2.21. The zero-order valence-electron chi connectivity index (χ0n) is 9.36. The van der Waals surface area contributed by atoms with Crippen molar-refractivity contribution in [1.82, 2.24) is 5.32 Å². The lowest BCUT2D eigenvalue weighted by Gasteiger charge is -2.04. The van der Waals surface area contributed by atoms with Gasteiger partial charge in [0.25, 0.3) is 0 Å². The predicted molar refractivity (Wildman–Crippen MR) is 63.2 cm³/mol. The monoisotopic (exact) mass is 221 g/mol. The Morgan fingerprint density at radius 1 is 1.00 bits per heavy atom. The Hall–Kier alpha value is 0.210. The first kappa shape index (κ1) is 14.2. The number of hydrogen-bond acceptors (Lipinski definition) is 2. The van der Waals surface area contributed by atoms with Gasteiger partial charge in [-0.2, -0.15) is 0 Å². The van der Waals surface area contributed by atoms with Crippen LogP contribution in [0.15, 0.2) is 0 Å². The van der Waals surface area contributed by atoms with Crippen molar-refractivity contribution in [3.05, 3.63) is 0 Å². The molecule has 0 aromatic rings. The van der Waals surface area contributed by atoms with E-state index in [1.807, 2.05) is 0 Å². The van der Waals surface area contributed by atoms with E-state index < -0.39 is 0 Å². The second-order valence-electron chi connectivity index (χ2n) is 3.47. The lowest BCUT2D eigenvalue weighted by molar-refractivity contribution is 0.151. The molecular weight excluding hydrogens is 198 g/mol. The fourth-order valence-electron chi connectivity index (χ4n) is 1.28. The molecule has 0 rings (SSSR count). The molecule has 0 saturated carbocycles. The lowest BCUT2D eigenvalue weighted by atomic mass is 10.1. The zero-order chi connectivity index (χ0) is 10.5. The van der Waals surface area contributed by atoms with Crippen molar-refractivity contribution >= 4 is 11.6 Å². The summed E-state index contributed by atoms with van der Waals surface area (Å²) < 4.78 is 5.23. The van der Waals surface area contributed by atoms with Crippen molar-refractivity contribution in [2.75, 3.05) is 32.2 Å². The Morgan fingerprint density at radius 3 is 2.50 bits per heavy atom. The van der Waals surface area contributed by atoms with Gasteiger partial charge in [-0.05, 0) is 13.0 Å². The highest BCUT2D eigenvalue weighted by atomic mass is 35.5. The molecule has 0 spiro atoms. The van der Waals surface area contributed by atoms with Crippen molar-refractivity contribution in [2.24, 2.45) is 0 Å². The van der Waals surface area contributed by atoms with Gasteiger partial charge in [0, 0.05) is 12.4 Å². The van der Waals surface area contributed by atoms with E-state index in [4.69, 9.17) is 16.3 Å². The van der Waals surface area contributed by atoms with Gasteiger partial charge < -0.3 is 10.1 Å². The van der Waals surface area contributed by atoms with Crippen LogP contribution in [0.5, 0.6) is 0 Å². The highest BCUT2D eigenvalue weighted by molar-refractivity contribution is 6.17. The number of hydrogen-bond donors (Lipinski definition) is 1. The smallest absolute Gasteiger partial charge is 0.0602 e. The standard InChI is InChI=1S/C11H24ClNO/c1-2-3-4-5-6-8-13-9-11-14-10-7-12/h13H,2-11H2,1H3. The normalized spacial score (nSPS) is 10.7. The van der Waals surface area contributed by atoms with Crippen LogP contribution >= 0.6 is 11.6 Å². The number of unbranched alkanes of at least 4 members (excludes halogenated alkanes) is 4. The van der Waals surface area contributed by atoms with Crippen molar-refractivity contribution < 1.29 is 4.74 Å². The van der Waals surface area contributed by atoms with Crippen molar-refractivity contribution in [3.8, 4) is 0 Å². The molecule has 0 aromatic heterocycles. The van der Waals surface area contributed by atoms with Crippen LogP contribution in [0.4, 0.5) is 0 Å². The summed E-state index contributed by atoms with van der Waals surface area (Å²) in [4.78, 5) is 0. The van der Waals surface area contributed by atoms with Gasteiger partial charge in [-0.25, -0.2) is 0 Å². The van der Waals surface area contributed by atoms with E-state index in [9.17, 15) is 0 Å². The minimum absolute atomic E-state index is 0.594. The van der Waals surface area contributed by atoms with E-state index in [1.165, 1.54) is 32.1 Å².